The summed E-state index contributed by atoms with van der Waals surface area (Å²) in [4.78, 5) is 18.4. The zero-order valence-electron chi connectivity index (χ0n) is 22.9. The first kappa shape index (κ1) is 28.9. The van der Waals surface area contributed by atoms with Crippen LogP contribution in [0.4, 0.5) is 4.39 Å². The third kappa shape index (κ3) is 7.33. The number of carbonyl (C=O) groups excluding carboxylic acids is 1. The molecular formula is C29H39FN6O2S. The van der Waals surface area contributed by atoms with Crippen molar-refractivity contribution in [3.8, 4) is 0 Å². The number of rotatable bonds is 11. The highest BCUT2D eigenvalue weighted by Crippen LogP contribution is 2.28. The largest absolute Gasteiger partial charge is 0.397 e. The summed E-state index contributed by atoms with van der Waals surface area (Å²) in [6.07, 6.45) is 4.32. The van der Waals surface area contributed by atoms with Gasteiger partial charge in [0, 0.05) is 61.8 Å². The SMILES string of the molecule is CC(=O)c1[nH]c2ccc(F)cc2c1/C(N)=C/N(N)C1CCN(CCNS(=O)c2ccc(CC(C)C)cc2)CC1. The van der Waals surface area contributed by atoms with Gasteiger partial charge in [-0.2, -0.15) is 0 Å². The monoisotopic (exact) mass is 554 g/mol. The smallest absolute Gasteiger partial charge is 0.176 e. The van der Waals surface area contributed by atoms with E-state index in [-0.39, 0.29) is 11.8 Å². The Hall–Kier alpha value is -3.05. The van der Waals surface area contributed by atoms with Crippen molar-refractivity contribution in [2.45, 2.75) is 51.0 Å². The van der Waals surface area contributed by atoms with Crippen LogP contribution in [0.25, 0.3) is 16.6 Å². The number of carbonyl (C=O) groups is 1. The molecule has 2 heterocycles. The number of hydrogen-bond acceptors (Lipinski definition) is 6. The number of likely N-dealkylation sites (tertiary alicyclic amines) is 1. The number of Topliss-reactive ketones (excluding diaryl/α,β-unsaturated/α-hetero) is 1. The number of benzene rings is 2. The Labute approximate surface area is 232 Å². The van der Waals surface area contributed by atoms with Gasteiger partial charge in [-0.05, 0) is 61.1 Å². The predicted octanol–water partition coefficient (Wildman–Crippen LogP) is 3.92. The minimum Gasteiger partial charge on any atom is -0.397 e. The predicted molar refractivity (Wildman–Crippen MR) is 155 cm³/mol. The van der Waals surface area contributed by atoms with Crippen LogP contribution in [0.1, 0.15) is 55.2 Å². The zero-order valence-corrected chi connectivity index (χ0v) is 23.7. The van der Waals surface area contributed by atoms with Crippen LogP contribution in [0.5, 0.6) is 0 Å². The van der Waals surface area contributed by atoms with E-state index in [1.807, 2.05) is 12.1 Å². The van der Waals surface area contributed by atoms with Crippen molar-refractivity contribution in [3.05, 3.63) is 71.3 Å². The maximum Gasteiger partial charge on any atom is 0.176 e. The van der Waals surface area contributed by atoms with Gasteiger partial charge >= 0.3 is 0 Å². The Bertz CT molecular complexity index is 1350. The molecular weight excluding hydrogens is 515 g/mol. The topological polar surface area (TPSA) is 120 Å². The van der Waals surface area contributed by atoms with Crippen LogP contribution in [0.2, 0.25) is 0 Å². The van der Waals surface area contributed by atoms with Crippen molar-refractivity contribution in [2.24, 2.45) is 17.5 Å². The Balaban J connectivity index is 1.28. The van der Waals surface area contributed by atoms with Gasteiger partial charge in [-0.3, -0.25) is 4.79 Å². The van der Waals surface area contributed by atoms with Crippen LogP contribution in [-0.4, -0.2) is 57.1 Å². The molecule has 0 bridgehead atoms. The molecule has 3 aromatic rings. The van der Waals surface area contributed by atoms with Crippen molar-refractivity contribution in [2.75, 3.05) is 26.2 Å². The minimum absolute atomic E-state index is 0.0777. The van der Waals surface area contributed by atoms with Crippen molar-refractivity contribution >= 4 is 33.4 Å². The molecule has 4 rings (SSSR count). The number of piperidine rings is 1. The Morgan fingerprint density at radius 2 is 1.92 bits per heavy atom. The molecule has 0 spiro atoms. The van der Waals surface area contributed by atoms with Gasteiger partial charge in [0.25, 0.3) is 0 Å². The summed E-state index contributed by atoms with van der Waals surface area (Å²) in [5, 5.41) is 2.15. The van der Waals surface area contributed by atoms with Crippen LogP contribution in [0.15, 0.2) is 53.6 Å². The number of hydrogen-bond donors (Lipinski definition) is 4. The summed E-state index contributed by atoms with van der Waals surface area (Å²) in [7, 11) is -1.24. The lowest BCUT2D eigenvalue weighted by atomic mass is 10.0. The minimum atomic E-state index is -1.24. The van der Waals surface area contributed by atoms with Gasteiger partial charge in [0.05, 0.1) is 16.3 Å². The zero-order chi connectivity index (χ0) is 28.1. The fourth-order valence-electron chi connectivity index (χ4n) is 5.10. The fourth-order valence-corrected chi connectivity index (χ4v) is 5.93. The number of aromatic nitrogens is 1. The molecule has 210 valence electrons. The number of hydrazine groups is 1. The third-order valence-corrected chi connectivity index (χ3v) is 8.28. The van der Waals surface area contributed by atoms with E-state index < -0.39 is 16.8 Å². The summed E-state index contributed by atoms with van der Waals surface area (Å²) in [5.74, 6) is 6.38. The second kappa shape index (κ2) is 12.9. The highest BCUT2D eigenvalue weighted by molar-refractivity contribution is 7.83. The summed E-state index contributed by atoms with van der Waals surface area (Å²) in [6, 6.07) is 12.4. The van der Waals surface area contributed by atoms with Gasteiger partial charge < -0.3 is 20.6 Å². The first-order chi connectivity index (χ1) is 18.6. The van der Waals surface area contributed by atoms with Crippen molar-refractivity contribution in [3.63, 3.8) is 0 Å². The molecule has 0 saturated carbocycles. The fraction of sp³-hybridized carbons (Fsp3) is 0.414. The first-order valence-corrected chi connectivity index (χ1v) is 14.6. The second-order valence-electron chi connectivity index (χ2n) is 10.6. The first-order valence-electron chi connectivity index (χ1n) is 13.4. The van der Waals surface area contributed by atoms with Crippen LogP contribution in [0.3, 0.4) is 0 Å². The van der Waals surface area contributed by atoms with Crippen LogP contribution in [-0.2, 0) is 17.4 Å². The number of nitrogens with zero attached hydrogens (tertiary/aromatic N) is 2. The molecule has 1 unspecified atom stereocenters. The van der Waals surface area contributed by atoms with Gasteiger partial charge in [0.15, 0.2) is 5.78 Å². The van der Waals surface area contributed by atoms with E-state index >= 15 is 0 Å². The van der Waals surface area contributed by atoms with Crippen LogP contribution < -0.4 is 16.3 Å². The van der Waals surface area contributed by atoms with Crippen molar-refractivity contribution in [1.82, 2.24) is 19.6 Å². The van der Waals surface area contributed by atoms with Gasteiger partial charge in [0.2, 0.25) is 0 Å². The molecule has 8 nitrogen and oxygen atoms in total. The highest BCUT2D eigenvalue weighted by atomic mass is 32.2. The average molecular weight is 555 g/mol. The number of nitrogens with one attached hydrogen (secondary N) is 2. The summed E-state index contributed by atoms with van der Waals surface area (Å²) >= 11 is 0. The number of halogens is 1. The van der Waals surface area contributed by atoms with Gasteiger partial charge in [-0.15, -0.1) is 0 Å². The number of aromatic amines is 1. The van der Waals surface area contributed by atoms with Gasteiger partial charge in [-0.25, -0.2) is 19.2 Å². The lowest BCUT2D eigenvalue weighted by molar-refractivity contribution is 0.101. The van der Waals surface area contributed by atoms with E-state index in [2.05, 4.69) is 40.6 Å². The molecule has 0 radical (unpaired) electrons. The molecule has 1 saturated heterocycles. The molecule has 10 heteroatoms. The Morgan fingerprint density at radius 3 is 2.56 bits per heavy atom. The molecule has 6 N–H and O–H groups in total. The number of fused-ring (bicyclic) bond motifs is 1. The summed E-state index contributed by atoms with van der Waals surface area (Å²) in [5.41, 5.74) is 9.42. The Morgan fingerprint density at radius 1 is 1.23 bits per heavy atom. The molecule has 2 aromatic carbocycles. The average Bonchev–Trinajstić information content (AvgIpc) is 3.28. The van der Waals surface area contributed by atoms with Crippen LogP contribution in [0, 0.1) is 11.7 Å². The van der Waals surface area contributed by atoms with Crippen molar-refractivity contribution < 1.29 is 13.4 Å². The maximum absolute atomic E-state index is 13.9. The lowest BCUT2D eigenvalue weighted by Gasteiger charge is -2.36. The molecule has 1 aliphatic heterocycles. The van der Waals surface area contributed by atoms with E-state index in [0.717, 1.165) is 43.8 Å². The number of H-pyrrole nitrogens is 1. The molecule has 0 aliphatic carbocycles. The molecule has 1 fully saturated rings. The molecule has 1 aliphatic rings. The molecule has 39 heavy (non-hydrogen) atoms. The second-order valence-corrected chi connectivity index (χ2v) is 11.9. The Kier molecular flexibility index (Phi) is 9.55. The van der Waals surface area contributed by atoms with Crippen LogP contribution >= 0.6 is 0 Å². The van der Waals surface area contributed by atoms with Gasteiger partial charge in [0.1, 0.15) is 16.8 Å². The molecule has 1 atom stereocenters. The van der Waals surface area contributed by atoms with E-state index in [1.165, 1.54) is 24.6 Å². The van der Waals surface area contributed by atoms with E-state index in [9.17, 15) is 13.4 Å². The lowest BCUT2D eigenvalue weighted by Crippen LogP contribution is -2.47. The van der Waals surface area contributed by atoms with Crippen molar-refractivity contribution in [1.29, 1.82) is 0 Å². The number of nitrogens with two attached hydrogens (primary N) is 2. The summed E-state index contributed by atoms with van der Waals surface area (Å²) in [6.45, 7) is 8.93. The standard InChI is InChI=1S/C29H39FN6O2S/c1-19(2)16-21-4-7-24(8-5-21)39(38)33-12-15-35-13-10-23(11-14-35)36(32)18-26(31)28-25-17-22(30)6-9-27(25)34-29(28)20(3)37/h4-9,17-19,23,33-34H,10-16,31-32H2,1-3H3/b26-18-. The quantitative estimate of drug-likeness (QED) is 0.162. The van der Waals surface area contributed by atoms with Gasteiger partial charge in [-0.1, -0.05) is 26.0 Å². The molecule has 1 aromatic heterocycles. The van der Waals surface area contributed by atoms with E-state index in [1.54, 1.807) is 17.3 Å². The van der Waals surface area contributed by atoms with E-state index in [0.29, 0.717) is 40.3 Å². The number of ketones is 1. The normalized spacial score (nSPS) is 16.2. The molecule has 0 amide bonds. The maximum atomic E-state index is 13.9. The highest BCUT2D eigenvalue weighted by Gasteiger charge is 2.23. The van der Waals surface area contributed by atoms with E-state index in [4.69, 9.17) is 11.6 Å². The summed E-state index contributed by atoms with van der Waals surface area (Å²) < 4.78 is 29.7. The third-order valence-electron chi connectivity index (χ3n) is 7.11.